The highest BCUT2D eigenvalue weighted by atomic mass is 127. The molecule has 0 unspecified atom stereocenters. The second-order valence-corrected chi connectivity index (χ2v) is 10.2. The van der Waals surface area contributed by atoms with Crippen LogP contribution in [0.3, 0.4) is 0 Å². The number of amides is 2. The van der Waals surface area contributed by atoms with Crippen LogP contribution in [0.15, 0.2) is 54.1 Å². The summed E-state index contributed by atoms with van der Waals surface area (Å²) in [7, 11) is 1.32. The van der Waals surface area contributed by atoms with Crippen molar-refractivity contribution in [1.82, 2.24) is 5.32 Å². The Bertz CT molecular complexity index is 1670. The number of nitrogens with one attached hydrogen (secondary N) is 1. The fraction of sp³-hybridized carbons (Fsp3) is 0.0417. The Kier molecular flexibility index (Phi) is 8.53. The molecule has 3 aromatic carbocycles. The summed E-state index contributed by atoms with van der Waals surface area (Å²) in [5.41, 5.74) is -0.864. The van der Waals surface area contributed by atoms with Crippen molar-refractivity contribution >= 4 is 98.1 Å². The predicted octanol–water partition coefficient (Wildman–Crippen LogP) is 6.05. The van der Waals surface area contributed by atoms with Gasteiger partial charge in [0.05, 0.1) is 42.3 Å². The number of thiocarbonyl (C=S) groups is 1. The Balaban J connectivity index is 1.74. The van der Waals surface area contributed by atoms with Gasteiger partial charge in [0.15, 0.2) is 16.6 Å². The minimum Gasteiger partial charge on any atom is -0.493 e. The summed E-state index contributed by atoms with van der Waals surface area (Å²) >= 11 is 19.4. The maximum Gasteiger partial charge on any atom is 0.318 e. The Morgan fingerprint density at radius 2 is 1.77 bits per heavy atom. The van der Waals surface area contributed by atoms with Crippen LogP contribution in [0.5, 0.6) is 17.2 Å². The van der Waals surface area contributed by atoms with E-state index in [-0.39, 0.29) is 43.7 Å². The lowest BCUT2D eigenvalue weighted by Crippen LogP contribution is -2.54. The molecule has 12 nitrogen and oxygen atoms in total. The van der Waals surface area contributed by atoms with Gasteiger partial charge < -0.3 is 9.47 Å². The number of nitro groups is 2. The monoisotopic (exact) mass is 714 g/mol. The first-order valence-electron chi connectivity index (χ1n) is 10.8. The van der Waals surface area contributed by atoms with E-state index in [9.17, 15) is 29.8 Å². The van der Waals surface area contributed by atoms with E-state index in [4.69, 9.17) is 44.9 Å². The van der Waals surface area contributed by atoms with Crippen LogP contribution in [-0.4, -0.2) is 33.9 Å². The van der Waals surface area contributed by atoms with Gasteiger partial charge in [-0.1, -0.05) is 29.3 Å². The zero-order chi connectivity index (χ0) is 29.3. The Morgan fingerprint density at radius 1 is 1.05 bits per heavy atom. The summed E-state index contributed by atoms with van der Waals surface area (Å²) < 4.78 is 11.5. The number of nitrogens with zero attached hydrogens (tertiary/aromatic N) is 3. The molecule has 16 heteroatoms. The van der Waals surface area contributed by atoms with Crippen molar-refractivity contribution in [3.8, 4) is 17.2 Å². The van der Waals surface area contributed by atoms with Crippen LogP contribution < -0.4 is 19.7 Å². The number of halogens is 3. The van der Waals surface area contributed by atoms with Crippen molar-refractivity contribution in [2.75, 3.05) is 12.0 Å². The largest absolute Gasteiger partial charge is 0.493 e. The Hall–Kier alpha value is -3.86. The SMILES string of the molecule is COc1cc(/C=C2/C(=O)NC(=S)N(c3cccc(Cl)c3Cl)C2=O)cc(I)c1Oc1ccc([N+](=O)[O-])cc1[N+](=O)[O-]. The average molecular weight is 715 g/mol. The third kappa shape index (κ3) is 5.70. The first kappa shape index (κ1) is 29.1. The zero-order valence-electron chi connectivity index (χ0n) is 19.8. The van der Waals surface area contributed by atoms with Crippen LogP contribution in [0.1, 0.15) is 5.56 Å². The summed E-state index contributed by atoms with van der Waals surface area (Å²) in [6, 6.07) is 10.5. The number of non-ortho nitro benzene ring substituents is 1. The van der Waals surface area contributed by atoms with Gasteiger partial charge in [0.1, 0.15) is 5.57 Å². The predicted molar refractivity (Wildman–Crippen MR) is 158 cm³/mol. The van der Waals surface area contributed by atoms with Gasteiger partial charge in [-0.3, -0.25) is 40.0 Å². The molecule has 1 saturated heterocycles. The lowest BCUT2D eigenvalue weighted by atomic mass is 10.1. The third-order valence-electron chi connectivity index (χ3n) is 5.40. The minimum atomic E-state index is -0.809. The van der Waals surface area contributed by atoms with Crippen LogP contribution in [0.25, 0.3) is 6.08 Å². The van der Waals surface area contributed by atoms with E-state index in [0.717, 1.165) is 23.1 Å². The molecule has 1 N–H and O–H groups in total. The zero-order valence-corrected chi connectivity index (χ0v) is 24.3. The number of rotatable bonds is 7. The summed E-state index contributed by atoms with van der Waals surface area (Å²) in [6.45, 7) is 0. The molecule has 1 heterocycles. The molecule has 3 aromatic rings. The van der Waals surface area contributed by atoms with Crippen molar-refractivity contribution < 1.29 is 28.9 Å². The normalized spacial score (nSPS) is 14.2. The number of nitro benzene ring substituents is 2. The van der Waals surface area contributed by atoms with E-state index in [1.165, 1.54) is 37.5 Å². The highest BCUT2D eigenvalue weighted by Gasteiger charge is 2.36. The van der Waals surface area contributed by atoms with Gasteiger partial charge in [-0.05, 0) is 76.8 Å². The molecule has 0 aromatic heterocycles. The summed E-state index contributed by atoms with van der Waals surface area (Å²) in [4.78, 5) is 48.1. The van der Waals surface area contributed by atoms with Gasteiger partial charge in [0.2, 0.25) is 5.75 Å². The number of hydrogen-bond acceptors (Lipinski definition) is 9. The summed E-state index contributed by atoms with van der Waals surface area (Å²) in [5, 5.41) is 25.1. The number of carbonyl (C=O) groups is 2. The first-order chi connectivity index (χ1) is 18.9. The number of methoxy groups -OCH3 is 1. The van der Waals surface area contributed by atoms with E-state index < -0.39 is 33.0 Å². The van der Waals surface area contributed by atoms with Crippen molar-refractivity contribution in [1.29, 1.82) is 0 Å². The van der Waals surface area contributed by atoms with Gasteiger partial charge >= 0.3 is 5.69 Å². The molecule has 0 aliphatic carbocycles. The third-order valence-corrected chi connectivity index (χ3v) is 7.29. The summed E-state index contributed by atoms with van der Waals surface area (Å²) in [6.07, 6.45) is 1.30. The van der Waals surface area contributed by atoms with Gasteiger partial charge in [-0.15, -0.1) is 0 Å². The van der Waals surface area contributed by atoms with Crippen LogP contribution in [0.2, 0.25) is 10.0 Å². The van der Waals surface area contributed by atoms with Gasteiger partial charge in [0, 0.05) is 6.07 Å². The molecular weight excluding hydrogens is 702 g/mol. The van der Waals surface area contributed by atoms with Crippen molar-refractivity contribution in [2.24, 2.45) is 0 Å². The van der Waals surface area contributed by atoms with Crippen LogP contribution in [0.4, 0.5) is 17.1 Å². The van der Waals surface area contributed by atoms with Crippen LogP contribution in [0, 0.1) is 23.8 Å². The van der Waals surface area contributed by atoms with Crippen molar-refractivity contribution in [3.05, 3.63) is 93.5 Å². The lowest BCUT2D eigenvalue weighted by molar-refractivity contribution is -0.394. The fourth-order valence-electron chi connectivity index (χ4n) is 3.59. The highest BCUT2D eigenvalue weighted by Crippen LogP contribution is 2.42. The van der Waals surface area contributed by atoms with Crippen molar-refractivity contribution in [3.63, 3.8) is 0 Å². The van der Waals surface area contributed by atoms with Gasteiger partial charge in [-0.2, -0.15) is 0 Å². The van der Waals surface area contributed by atoms with E-state index >= 15 is 0 Å². The molecule has 40 heavy (non-hydrogen) atoms. The molecule has 1 aliphatic rings. The molecule has 2 amide bonds. The van der Waals surface area contributed by atoms with Crippen LogP contribution in [-0.2, 0) is 9.59 Å². The van der Waals surface area contributed by atoms with Gasteiger partial charge in [-0.25, -0.2) is 0 Å². The standard InChI is InChI=1S/C24H13Cl2IN4O8S/c1-38-19-9-11(8-15(27)21(19)39-18-6-5-12(30(34)35)10-17(18)31(36)37)7-13-22(32)28-24(40)29(23(13)33)16-4-2-3-14(25)20(16)26/h2-10H,1H3,(H,28,32,40)/b13-7-. The van der Waals surface area contributed by atoms with E-state index in [1.807, 2.05) is 22.6 Å². The quantitative estimate of drug-likeness (QED) is 0.0770. The van der Waals surface area contributed by atoms with Crippen LogP contribution >= 0.6 is 58.0 Å². The molecular formula is C24H13Cl2IN4O8S. The minimum absolute atomic E-state index is 0.0634. The van der Waals surface area contributed by atoms with Gasteiger partial charge in [0.25, 0.3) is 17.5 Å². The molecule has 0 radical (unpaired) electrons. The topological polar surface area (TPSA) is 154 Å². The first-order valence-corrected chi connectivity index (χ1v) is 13.0. The van der Waals surface area contributed by atoms with E-state index in [1.54, 1.807) is 6.07 Å². The van der Waals surface area contributed by atoms with E-state index in [0.29, 0.717) is 9.13 Å². The molecule has 0 saturated carbocycles. The highest BCUT2D eigenvalue weighted by molar-refractivity contribution is 14.1. The molecule has 0 spiro atoms. The number of carbonyl (C=O) groups excluding carboxylic acids is 2. The molecule has 204 valence electrons. The maximum atomic E-state index is 13.4. The molecule has 0 bridgehead atoms. The second kappa shape index (κ2) is 11.7. The molecule has 1 aliphatic heterocycles. The second-order valence-electron chi connectivity index (χ2n) is 7.83. The number of anilines is 1. The molecule has 4 rings (SSSR count). The molecule has 0 atom stereocenters. The summed E-state index contributed by atoms with van der Waals surface area (Å²) in [5.74, 6) is -1.60. The van der Waals surface area contributed by atoms with Crippen molar-refractivity contribution in [2.45, 2.75) is 0 Å². The Morgan fingerprint density at radius 3 is 2.42 bits per heavy atom. The number of hydrogen-bond donors (Lipinski definition) is 1. The number of benzene rings is 3. The Labute approximate surface area is 253 Å². The number of ether oxygens (including phenoxy) is 2. The smallest absolute Gasteiger partial charge is 0.318 e. The molecule has 1 fully saturated rings. The van der Waals surface area contributed by atoms with E-state index in [2.05, 4.69) is 5.32 Å². The average Bonchev–Trinajstić information content (AvgIpc) is 2.90. The fourth-order valence-corrected chi connectivity index (χ4v) is 4.98. The maximum absolute atomic E-state index is 13.4. The lowest BCUT2D eigenvalue weighted by Gasteiger charge is -2.29.